The molecule has 0 spiro atoms. The Morgan fingerprint density at radius 3 is 2.90 bits per heavy atom. The van der Waals surface area contributed by atoms with E-state index in [9.17, 15) is 20.0 Å². The van der Waals surface area contributed by atoms with E-state index >= 15 is 0 Å². The number of aromatic hydroxyl groups is 1. The maximum absolute atomic E-state index is 10.9. The maximum atomic E-state index is 10.9. The SMILES string of the molecule is O=C1CSC(=NN=Cc2c(O)ccc(Cl)c2[N+](=O)[O-])N1. The zero-order valence-electron chi connectivity index (χ0n) is 9.74. The van der Waals surface area contributed by atoms with E-state index in [1.807, 2.05) is 0 Å². The highest BCUT2D eigenvalue weighted by Crippen LogP contribution is 2.33. The maximum Gasteiger partial charge on any atom is 0.300 e. The summed E-state index contributed by atoms with van der Waals surface area (Å²) < 4.78 is 0. The molecule has 1 aliphatic heterocycles. The Morgan fingerprint density at radius 1 is 1.55 bits per heavy atom. The van der Waals surface area contributed by atoms with Gasteiger partial charge in [-0.25, -0.2) is 0 Å². The van der Waals surface area contributed by atoms with Gasteiger partial charge in [0.1, 0.15) is 16.3 Å². The fourth-order valence-corrected chi connectivity index (χ4v) is 2.27. The number of nitro benzene ring substituents is 1. The highest BCUT2D eigenvalue weighted by Gasteiger charge is 2.21. The van der Waals surface area contributed by atoms with Crippen LogP contribution in [0.5, 0.6) is 5.75 Å². The first-order valence-corrected chi connectivity index (χ1v) is 6.55. The Kier molecular flexibility index (Phi) is 4.20. The second kappa shape index (κ2) is 5.88. The average Bonchev–Trinajstić information content (AvgIpc) is 2.79. The molecule has 2 rings (SSSR count). The summed E-state index contributed by atoms with van der Waals surface area (Å²) in [7, 11) is 0. The molecule has 104 valence electrons. The molecule has 1 aliphatic rings. The van der Waals surface area contributed by atoms with Gasteiger partial charge in [-0.05, 0) is 12.1 Å². The van der Waals surface area contributed by atoms with Crippen molar-refractivity contribution in [2.24, 2.45) is 10.2 Å². The van der Waals surface area contributed by atoms with Crippen LogP contribution in [0, 0.1) is 10.1 Å². The fraction of sp³-hybridized carbons (Fsp3) is 0.100. The molecular weight excluding hydrogens is 308 g/mol. The minimum atomic E-state index is -0.720. The predicted molar refractivity (Wildman–Crippen MR) is 75.4 cm³/mol. The first kappa shape index (κ1) is 14.3. The van der Waals surface area contributed by atoms with Gasteiger partial charge in [0.15, 0.2) is 5.17 Å². The number of carbonyl (C=O) groups is 1. The molecule has 2 N–H and O–H groups in total. The molecule has 8 nitrogen and oxygen atoms in total. The van der Waals surface area contributed by atoms with Gasteiger partial charge in [-0.2, -0.15) is 5.10 Å². The van der Waals surface area contributed by atoms with Crippen molar-refractivity contribution in [3.8, 4) is 5.75 Å². The summed E-state index contributed by atoms with van der Waals surface area (Å²) in [6, 6.07) is 2.43. The smallest absolute Gasteiger partial charge is 0.300 e. The third-order valence-corrected chi connectivity index (χ3v) is 3.42. The zero-order valence-corrected chi connectivity index (χ0v) is 11.3. The molecule has 0 bridgehead atoms. The van der Waals surface area contributed by atoms with E-state index in [2.05, 4.69) is 15.5 Å². The largest absolute Gasteiger partial charge is 0.507 e. The first-order chi connectivity index (χ1) is 9.49. The van der Waals surface area contributed by atoms with Gasteiger partial charge in [0.25, 0.3) is 5.69 Å². The Hall–Kier alpha value is -2.13. The van der Waals surface area contributed by atoms with Crippen LogP contribution in [0.3, 0.4) is 0 Å². The first-order valence-electron chi connectivity index (χ1n) is 5.18. The number of carbonyl (C=O) groups excluding carboxylic acids is 1. The van der Waals surface area contributed by atoms with Crippen molar-refractivity contribution in [2.45, 2.75) is 0 Å². The molecule has 10 heteroatoms. The minimum absolute atomic E-state index is 0.120. The van der Waals surface area contributed by atoms with E-state index in [0.29, 0.717) is 0 Å². The van der Waals surface area contributed by atoms with Gasteiger partial charge >= 0.3 is 0 Å². The van der Waals surface area contributed by atoms with E-state index < -0.39 is 10.6 Å². The Balaban J connectivity index is 2.31. The molecule has 0 saturated carbocycles. The van der Waals surface area contributed by atoms with Gasteiger partial charge in [0.2, 0.25) is 5.91 Å². The number of benzene rings is 1. The number of nitrogens with one attached hydrogen (secondary N) is 1. The van der Waals surface area contributed by atoms with Crippen LogP contribution in [-0.2, 0) is 4.79 Å². The molecule has 1 saturated heterocycles. The number of nitrogens with zero attached hydrogens (tertiary/aromatic N) is 3. The monoisotopic (exact) mass is 314 g/mol. The van der Waals surface area contributed by atoms with Crippen LogP contribution < -0.4 is 5.32 Å². The number of phenols is 1. The topological polar surface area (TPSA) is 117 Å². The molecule has 1 aromatic carbocycles. The van der Waals surface area contributed by atoms with Crippen LogP contribution in [0.1, 0.15) is 5.56 Å². The van der Waals surface area contributed by atoms with Crippen LogP contribution in [-0.4, -0.2) is 33.1 Å². The number of rotatable bonds is 3. The van der Waals surface area contributed by atoms with Gasteiger partial charge < -0.3 is 10.4 Å². The van der Waals surface area contributed by atoms with E-state index in [4.69, 9.17) is 11.6 Å². The molecule has 0 radical (unpaired) electrons. The number of nitro groups is 1. The van der Waals surface area contributed by atoms with Gasteiger partial charge in [-0.1, -0.05) is 23.4 Å². The van der Waals surface area contributed by atoms with Crippen molar-refractivity contribution >= 4 is 46.3 Å². The summed E-state index contributed by atoms with van der Waals surface area (Å²) in [6.07, 6.45) is 1.01. The second-order valence-corrected chi connectivity index (χ2v) is 4.94. The van der Waals surface area contributed by atoms with E-state index in [0.717, 1.165) is 18.0 Å². The van der Waals surface area contributed by atoms with E-state index in [1.54, 1.807) is 0 Å². The molecule has 0 aliphatic carbocycles. The standard InChI is InChI=1S/C10H7ClN4O4S/c11-6-1-2-7(16)5(9(6)15(18)19)3-12-14-10-13-8(17)4-20-10/h1-3,16H,4H2,(H,13,14,17). The van der Waals surface area contributed by atoms with Gasteiger partial charge in [0, 0.05) is 0 Å². The lowest BCUT2D eigenvalue weighted by Gasteiger charge is -2.01. The molecule has 1 heterocycles. The lowest BCUT2D eigenvalue weighted by molar-refractivity contribution is -0.384. The summed E-state index contributed by atoms with van der Waals surface area (Å²) in [5.74, 6) is -0.287. The van der Waals surface area contributed by atoms with Gasteiger partial charge in [-0.3, -0.25) is 14.9 Å². The summed E-state index contributed by atoms with van der Waals surface area (Å²) in [5.41, 5.74) is -0.611. The molecule has 1 aromatic rings. The van der Waals surface area contributed by atoms with Crippen molar-refractivity contribution in [3.63, 3.8) is 0 Å². The quantitative estimate of drug-likeness (QED) is 0.498. The van der Waals surface area contributed by atoms with Crippen LogP contribution in [0.25, 0.3) is 0 Å². The number of halogens is 1. The summed E-state index contributed by atoms with van der Waals surface area (Å²) >= 11 is 6.87. The Morgan fingerprint density at radius 2 is 2.30 bits per heavy atom. The van der Waals surface area contributed by atoms with Crippen molar-refractivity contribution in [3.05, 3.63) is 32.8 Å². The number of amidine groups is 1. The zero-order chi connectivity index (χ0) is 14.7. The summed E-state index contributed by atoms with van der Waals surface area (Å²) in [4.78, 5) is 21.1. The lowest BCUT2D eigenvalue weighted by atomic mass is 10.2. The third-order valence-electron chi connectivity index (χ3n) is 2.25. The Labute approximate surface area is 121 Å². The number of phenolic OH excluding ortho intramolecular Hbond substituents is 1. The lowest BCUT2D eigenvalue weighted by Crippen LogP contribution is -2.19. The normalized spacial score (nSPS) is 16.9. The average molecular weight is 315 g/mol. The number of amides is 1. The number of hydrogen-bond donors (Lipinski definition) is 2. The van der Waals surface area contributed by atoms with Crippen molar-refractivity contribution in [1.29, 1.82) is 0 Å². The second-order valence-electron chi connectivity index (χ2n) is 3.57. The molecule has 0 unspecified atom stereocenters. The third kappa shape index (κ3) is 3.06. The minimum Gasteiger partial charge on any atom is -0.507 e. The molecule has 0 atom stereocenters. The van der Waals surface area contributed by atoms with Crippen LogP contribution in [0.4, 0.5) is 5.69 Å². The van der Waals surface area contributed by atoms with E-state index in [-0.39, 0.29) is 33.2 Å². The molecule has 0 aromatic heterocycles. The Bertz CT molecular complexity index is 646. The van der Waals surface area contributed by atoms with Crippen LogP contribution >= 0.6 is 23.4 Å². The highest BCUT2D eigenvalue weighted by molar-refractivity contribution is 8.15. The highest BCUT2D eigenvalue weighted by atomic mass is 35.5. The van der Waals surface area contributed by atoms with Crippen LogP contribution in [0.2, 0.25) is 5.02 Å². The van der Waals surface area contributed by atoms with Gasteiger partial charge in [0.05, 0.1) is 16.9 Å². The predicted octanol–water partition coefficient (Wildman–Crippen LogP) is 1.51. The van der Waals surface area contributed by atoms with Crippen LogP contribution in [0.15, 0.2) is 22.3 Å². The summed E-state index contributed by atoms with van der Waals surface area (Å²) in [6.45, 7) is 0. The van der Waals surface area contributed by atoms with Crippen molar-refractivity contribution in [2.75, 3.05) is 5.75 Å². The molecule has 1 amide bonds. The van der Waals surface area contributed by atoms with Crippen molar-refractivity contribution < 1.29 is 14.8 Å². The number of hydrogen-bond acceptors (Lipinski definition) is 7. The number of thioether (sulfide) groups is 1. The molecule has 20 heavy (non-hydrogen) atoms. The summed E-state index contributed by atoms with van der Waals surface area (Å²) in [5, 5.41) is 30.4. The fourth-order valence-electron chi connectivity index (χ4n) is 1.40. The van der Waals surface area contributed by atoms with E-state index in [1.165, 1.54) is 12.1 Å². The molecule has 1 fully saturated rings. The van der Waals surface area contributed by atoms with Crippen molar-refractivity contribution in [1.82, 2.24) is 5.32 Å². The molecular formula is C10H7ClN4O4S. The van der Waals surface area contributed by atoms with Gasteiger partial charge in [-0.15, -0.1) is 5.10 Å².